The van der Waals surface area contributed by atoms with Crippen LogP contribution in [0.4, 0.5) is 0 Å². The minimum Gasteiger partial charge on any atom is -0.365 e. The Hall–Kier alpha value is -0.230. The average molecular weight is 248 g/mol. The summed E-state index contributed by atoms with van der Waals surface area (Å²) in [5.74, 6) is 2.10. The molecule has 1 saturated heterocycles. The third kappa shape index (κ3) is 3.38. The van der Waals surface area contributed by atoms with Gasteiger partial charge in [-0.05, 0) is 18.8 Å². The second-order valence-corrected chi connectivity index (χ2v) is 7.35. The van der Waals surface area contributed by atoms with Crippen LogP contribution in [0.25, 0.3) is 0 Å². The molecule has 0 saturated carbocycles. The number of nitrogens with one attached hydrogen (secondary N) is 1. The van der Waals surface area contributed by atoms with Crippen LogP contribution in [0.5, 0.6) is 0 Å². The van der Waals surface area contributed by atoms with Gasteiger partial charge in [0, 0.05) is 18.8 Å². The molecular formula is C9H16N2O2S2. The van der Waals surface area contributed by atoms with Crippen molar-refractivity contribution in [2.45, 2.75) is 12.8 Å². The predicted molar refractivity (Wildman–Crippen MR) is 64.1 cm³/mol. The molecule has 15 heavy (non-hydrogen) atoms. The van der Waals surface area contributed by atoms with Crippen LogP contribution in [-0.2, 0) is 9.84 Å². The first kappa shape index (κ1) is 11.3. The van der Waals surface area contributed by atoms with E-state index in [2.05, 4.69) is 10.3 Å². The van der Waals surface area contributed by atoms with Crippen molar-refractivity contribution in [3.63, 3.8) is 0 Å². The molecule has 0 bridgehead atoms. The number of amidine groups is 1. The Morgan fingerprint density at radius 1 is 1.53 bits per heavy atom. The molecule has 1 fully saturated rings. The van der Waals surface area contributed by atoms with E-state index in [1.807, 2.05) is 0 Å². The van der Waals surface area contributed by atoms with Crippen molar-refractivity contribution in [2.75, 3.05) is 30.3 Å². The number of hydrogen-bond donors (Lipinski definition) is 1. The summed E-state index contributed by atoms with van der Waals surface area (Å²) >= 11 is 1.74. The van der Waals surface area contributed by atoms with Crippen molar-refractivity contribution >= 4 is 26.8 Å². The normalized spacial score (nSPS) is 29.9. The van der Waals surface area contributed by atoms with Gasteiger partial charge in [-0.3, -0.25) is 4.99 Å². The third-order valence-electron chi connectivity index (χ3n) is 2.67. The molecule has 0 aromatic rings. The summed E-state index contributed by atoms with van der Waals surface area (Å²) in [7, 11) is -2.74. The molecule has 4 nitrogen and oxygen atoms in total. The van der Waals surface area contributed by atoms with E-state index in [-0.39, 0.29) is 5.92 Å². The van der Waals surface area contributed by atoms with Gasteiger partial charge in [0.1, 0.15) is 0 Å². The maximum absolute atomic E-state index is 11.2. The number of hydrogen-bond acceptors (Lipinski definition) is 5. The lowest BCUT2D eigenvalue weighted by atomic mass is 10.1. The highest BCUT2D eigenvalue weighted by Gasteiger charge is 2.27. The second kappa shape index (κ2) is 4.74. The second-order valence-electron chi connectivity index (χ2n) is 4.04. The van der Waals surface area contributed by atoms with Crippen LogP contribution < -0.4 is 5.32 Å². The van der Waals surface area contributed by atoms with Crippen LogP contribution >= 0.6 is 11.8 Å². The lowest BCUT2D eigenvalue weighted by Gasteiger charge is -2.15. The van der Waals surface area contributed by atoms with Gasteiger partial charge in [0.05, 0.1) is 11.5 Å². The number of rotatable bonds is 2. The van der Waals surface area contributed by atoms with Crippen molar-refractivity contribution in [2.24, 2.45) is 10.9 Å². The maximum Gasteiger partial charge on any atom is 0.156 e. The van der Waals surface area contributed by atoms with Crippen molar-refractivity contribution in [3.05, 3.63) is 0 Å². The Bertz CT molecular complexity index is 351. The van der Waals surface area contributed by atoms with Crippen LogP contribution in [0.1, 0.15) is 12.8 Å². The Kier molecular flexibility index (Phi) is 3.56. The highest BCUT2D eigenvalue weighted by Crippen LogP contribution is 2.18. The smallest absolute Gasteiger partial charge is 0.156 e. The first-order chi connectivity index (χ1) is 7.16. The van der Waals surface area contributed by atoms with E-state index >= 15 is 0 Å². The molecule has 2 aliphatic rings. The van der Waals surface area contributed by atoms with Gasteiger partial charge >= 0.3 is 0 Å². The molecule has 1 unspecified atom stereocenters. The van der Waals surface area contributed by atoms with Gasteiger partial charge in [-0.1, -0.05) is 11.8 Å². The first-order valence-electron chi connectivity index (χ1n) is 5.27. The number of aliphatic imine (C=N–C) groups is 1. The van der Waals surface area contributed by atoms with Crippen LogP contribution in [0, 0.1) is 5.92 Å². The third-order valence-corrected chi connectivity index (χ3v) is 5.54. The van der Waals surface area contributed by atoms with E-state index in [1.165, 1.54) is 0 Å². The van der Waals surface area contributed by atoms with Gasteiger partial charge in [0.2, 0.25) is 0 Å². The fourth-order valence-corrected chi connectivity index (χ4v) is 4.53. The van der Waals surface area contributed by atoms with E-state index in [0.717, 1.165) is 36.9 Å². The van der Waals surface area contributed by atoms with Crippen LogP contribution in [0.15, 0.2) is 4.99 Å². The van der Waals surface area contributed by atoms with Crippen molar-refractivity contribution in [3.8, 4) is 0 Å². The molecule has 1 atom stereocenters. The SMILES string of the molecule is O=S1(=O)CCC(CNC2=NCCCS2)C1. The molecule has 1 N–H and O–H groups in total. The molecule has 0 aromatic heterocycles. The predicted octanol–water partition coefficient (Wildman–Crippen LogP) is 0.504. The molecule has 0 spiro atoms. The zero-order valence-electron chi connectivity index (χ0n) is 8.61. The molecule has 6 heteroatoms. The number of thioether (sulfide) groups is 1. The van der Waals surface area contributed by atoms with E-state index in [1.54, 1.807) is 11.8 Å². The molecular weight excluding hydrogens is 232 g/mol. The highest BCUT2D eigenvalue weighted by atomic mass is 32.2. The van der Waals surface area contributed by atoms with Crippen molar-refractivity contribution in [1.29, 1.82) is 0 Å². The van der Waals surface area contributed by atoms with E-state index in [0.29, 0.717) is 11.5 Å². The molecule has 0 aliphatic carbocycles. The van der Waals surface area contributed by atoms with Gasteiger partial charge in [-0.2, -0.15) is 0 Å². The molecule has 0 aromatic carbocycles. The molecule has 86 valence electrons. The van der Waals surface area contributed by atoms with Gasteiger partial charge in [-0.25, -0.2) is 8.42 Å². The summed E-state index contributed by atoms with van der Waals surface area (Å²) < 4.78 is 22.5. The zero-order valence-corrected chi connectivity index (χ0v) is 10.2. The average Bonchev–Trinajstić information content (AvgIpc) is 2.57. The van der Waals surface area contributed by atoms with Gasteiger partial charge in [-0.15, -0.1) is 0 Å². The Labute approximate surface area is 94.8 Å². The summed E-state index contributed by atoms with van der Waals surface area (Å²) in [4.78, 5) is 4.35. The van der Waals surface area contributed by atoms with Gasteiger partial charge in [0.25, 0.3) is 0 Å². The monoisotopic (exact) mass is 248 g/mol. The van der Waals surface area contributed by atoms with E-state index in [4.69, 9.17) is 0 Å². The summed E-state index contributed by atoms with van der Waals surface area (Å²) in [5, 5.41) is 4.24. The van der Waals surface area contributed by atoms with E-state index in [9.17, 15) is 8.42 Å². The van der Waals surface area contributed by atoms with Crippen LogP contribution in [0.3, 0.4) is 0 Å². The lowest BCUT2D eigenvalue weighted by Crippen LogP contribution is -2.29. The molecule has 2 rings (SSSR count). The quantitative estimate of drug-likeness (QED) is 0.773. The minimum absolute atomic E-state index is 0.278. The molecule has 0 amide bonds. The Balaban J connectivity index is 1.77. The molecule has 2 aliphatic heterocycles. The lowest BCUT2D eigenvalue weighted by molar-refractivity contribution is 0.573. The summed E-state index contributed by atoms with van der Waals surface area (Å²) in [5.41, 5.74) is 0. The van der Waals surface area contributed by atoms with Gasteiger partial charge in [0.15, 0.2) is 15.0 Å². The summed E-state index contributed by atoms with van der Waals surface area (Å²) in [6.45, 7) is 1.66. The molecule has 2 heterocycles. The number of nitrogens with zero attached hydrogens (tertiary/aromatic N) is 1. The zero-order chi connectivity index (χ0) is 10.7. The summed E-state index contributed by atoms with van der Waals surface area (Å²) in [6.07, 6.45) is 1.95. The highest BCUT2D eigenvalue weighted by molar-refractivity contribution is 8.13. The minimum atomic E-state index is -2.74. The summed E-state index contributed by atoms with van der Waals surface area (Å²) in [6, 6.07) is 0. The van der Waals surface area contributed by atoms with Crippen molar-refractivity contribution in [1.82, 2.24) is 5.32 Å². The van der Waals surface area contributed by atoms with Gasteiger partial charge < -0.3 is 5.32 Å². The largest absolute Gasteiger partial charge is 0.365 e. The number of sulfone groups is 1. The Morgan fingerprint density at radius 2 is 2.40 bits per heavy atom. The fraction of sp³-hybridized carbons (Fsp3) is 0.889. The molecule has 0 radical (unpaired) electrons. The van der Waals surface area contributed by atoms with E-state index < -0.39 is 9.84 Å². The van der Waals surface area contributed by atoms with Crippen molar-refractivity contribution < 1.29 is 8.42 Å². The topological polar surface area (TPSA) is 58.5 Å². The van der Waals surface area contributed by atoms with Crippen LogP contribution in [-0.4, -0.2) is 43.9 Å². The maximum atomic E-state index is 11.2. The Morgan fingerprint density at radius 3 is 3.00 bits per heavy atom. The first-order valence-corrected chi connectivity index (χ1v) is 8.08. The van der Waals surface area contributed by atoms with Crippen LogP contribution in [0.2, 0.25) is 0 Å². The standard InChI is InChI=1S/C9H16N2O2S2/c12-15(13)5-2-8(7-15)6-11-9-10-3-1-4-14-9/h8H,1-7H2,(H,10,11). The fourth-order valence-electron chi connectivity index (χ4n) is 1.83.